The minimum Gasteiger partial charge on any atom is -0.360 e. The van der Waals surface area contributed by atoms with Crippen LogP contribution in [0.3, 0.4) is 0 Å². The lowest BCUT2D eigenvalue weighted by molar-refractivity contribution is -0.135. The molecule has 0 spiro atoms. The fourth-order valence-electron chi connectivity index (χ4n) is 4.94. The number of benzene rings is 1. The van der Waals surface area contributed by atoms with Crippen molar-refractivity contribution in [2.45, 2.75) is 51.1 Å². The third-order valence-corrected chi connectivity index (χ3v) is 6.82. The first-order valence-corrected chi connectivity index (χ1v) is 12.0. The summed E-state index contributed by atoms with van der Waals surface area (Å²) < 4.78 is 0. The lowest BCUT2D eigenvalue weighted by Gasteiger charge is -2.28. The standard InChI is InChI=1S/C24H36N6O2/c1-25-24(28-20-11-13-30(16-20)23(32)19-5-3-2-4-6-19)27-15-18-7-9-21(10-8-18)29-14-12-26-22(31)17-29/h7-10,19-20H,2-6,11-17H2,1H3,(H,26,31)(H2,25,27,28). The van der Waals surface area contributed by atoms with Crippen LogP contribution in [0, 0.1) is 5.92 Å². The number of nitrogens with one attached hydrogen (secondary N) is 3. The molecule has 1 aromatic rings. The van der Waals surface area contributed by atoms with Crippen molar-refractivity contribution in [1.82, 2.24) is 20.9 Å². The van der Waals surface area contributed by atoms with Crippen molar-refractivity contribution in [3.05, 3.63) is 29.8 Å². The molecule has 174 valence electrons. The largest absolute Gasteiger partial charge is 0.360 e. The molecule has 3 aliphatic rings. The molecule has 0 bridgehead atoms. The molecule has 2 aliphatic heterocycles. The molecule has 2 saturated heterocycles. The highest BCUT2D eigenvalue weighted by Crippen LogP contribution is 2.26. The maximum absolute atomic E-state index is 12.8. The van der Waals surface area contributed by atoms with Gasteiger partial charge in [0.1, 0.15) is 0 Å². The van der Waals surface area contributed by atoms with Crippen LogP contribution < -0.4 is 20.9 Å². The predicted molar refractivity (Wildman–Crippen MR) is 127 cm³/mol. The Morgan fingerprint density at radius 1 is 1.12 bits per heavy atom. The van der Waals surface area contributed by atoms with Gasteiger partial charge in [-0.05, 0) is 37.0 Å². The van der Waals surface area contributed by atoms with Gasteiger partial charge in [0.2, 0.25) is 11.8 Å². The van der Waals surface area contributed by atoms with E-state index in [-0.39, 0.29) is 17.9 Å². The number of nitrogens with zero attached hydrogens (tertiary/aromatic N) is 3. The first kappa shape index (κ1) is 22.4. The zero-order chi connectivity index (χ0) is 22.3. The smallest absolute Gasteiger partial charge is 0.239 e. The molecular weight excluding hydrogens is 404 g/mol. The molecule has 3 fully saturated rings. The Morgan fingerprint density at radius 3 is 2.62 bits per heavy atom. The molecule has 0 radical (unpaired) electrons. The van der Waals surface area contributed by atoms with E-state index in [0.717, 1.165) is 56.1 Å². The number of hydrogen-bond acceptors (Lipinski definition) is 4. The minimum absolute atomic E-state index is 0.0720. The van der Waals surface area contributed by atoms with Gasteiger partial charge in [0.15, 0.2) is 5.96 Å². The zero-order valence-corrected chi connectivity index (χ0v) is 19.1. The predicted octanol–water partition coefficient (Wildman–Crippen LogP) is 1.47. The van der Waals surface area contributed by atoms with E-state index in [4.69, 9.17) is 0 Å². The second-order valence-electron chi connectivity index (χ2n) is 9.11. The first-order valence-electron chi connectivity index (χ1n) is 12.0. The van der Waals surface area contributed by atoms with Gasteiger partial charge in [0.25, 0.3) is 0 Å². The van der Waals surface area contributed by atoms with Crippen LogP contribution in [-0.2, 0) is 16.1 Å². The third-order valence-electron chi connectivity index (χ3n) is 6.82. The van der Waals surface area contributed by atoms with Gasteiger partial charge in [0, 0.05) is 57.4 Å². The molecule has 8 heteroatoms. The summed E-state index contributed by atoms with van der Waals surface area (Å²) >= 11 is 0. The summed E-state index contributed by atoms with van der Waals surface area (Å²) in [6, 6.07) is 8.54. The number of likely N-dealkylation sites (tertiary alicyclic amines) is 1. The molecule has 1 aromatic carbocycles. The van der Waals surface area contributed by atoms with Gasteiger partial charge < -0.3 is 25.8 Å². The van der Waals surface area contributed by atoms with Crippen molar-refractivity contribution in [3.63, 3.8) is 0 Å². The molecule has 8 nitrogen and oxygen atoms in total. The normalized spacial score (nSPS) is 22.6. The second kappa shape index (κ2) is 10.7. The number of amides is 2. The Hall–Kier alpha value is -2.77. The van der Waals surface area contributed by atoms with E-state index in [2.05, 4.69) is 50.1 Å². The number of piperazine rings is 1. The van der Waals surface area contributed by atoms with Crippen molar-refractivity contribution in [3.8, 4) is 0 Å². The SMILES string of the molecule is CN=C(NCc1ccc(N2CCNC(=O)C2)cc1)NC1CCN(C(=O)C2CCCCC2)C1. The molecule has 1 saturated carbocycles. The van der Waals surface area contributed by atoms with E-state index < -0.39 is 0 Å². The van der Waals surface area contributed by atoms with Crippen LogP contribution in [0.15, 0.2) is 29.3 Å². The topological polar surface area (TPSA) is 89.1 Å². The van der Waals surface area contributed by atoms with Crippen LogP contribution in [0.4, 0.5) is 5.69 Å². The summed E-state index contributed by atoms with van der Waals surface area (Å²) in [6.45, 7) is 4.19. The Bertz CT molecular complexity index is 818. The summed E-state index contributed by atoms with van der Waals surface area (Å²) in [6.07, 6.45) is 6.72. The van der Waals surface area contributed by atoms with E-state index in [1.54, 1.807) is 7.05 Å². The fourth-order valence-corrected chi connectivity index (χ4v) is 4.94. The van der Waals surface area contributed by atoms with Crippen LogP contribution in [0.1, 0.15) is 44.1 Å². The number of rotatable bonds is 5. The number of hydrogen-bond donors (Lipinski definition) is 3. The highest BCUT2D eigenvalue weighted by Gasteiger charge is 2.31. The van der Waals surface area contributed by atoms with Gasteiger partial charge in [-0.3, -0.25) is 14.6 Å². The van der Waals surface area contributed by atoms with Gasteiger partial charge >= 0.3 is 0 Å². The monoisotopic (exact) mass is 440 g/mol. The van der Waals surface area contributed by atoms with Crippen molar-refractivity contribution in [1.29, 1.82) is 0 Å². The zero-order valence-electron chi connectivity index (χ0n) is 19.1. The van der Waals surface area contributed by atoms with Crippen molar-refractivity contribution in [2.75, 3.05) is 44.7 Å². The summed E-state index contributed by atoms with van der Waals surface area (Å²) in [5.41, 5.74) is 2.22. The Balaban J connectivity index is 1.23. The molecule has 0 aromatic heterocycles. The molecule has 3 N–H and O–H groups in total. The lowest BCUT2D eigenvalue weighted by atomic mass is 9.88. The molecule has 32 heavy (non-hydrogen) atoms. The first-order chi connectivity index (χ1) is 15.6. The van der Waals surface area contributed by atoms with Crippen LogP contribution in [0.25, 0.3) is 0 Å². The number of aliphatic imine (C=N–C) groups is 1. The minimum atomic E-state index is 0.0720. The van der Waals surface area contributed by atoms with E-state index in [1.807, 2.05) is 4.90 Å². The van der Waals surface area contributed by atoms with Crippen molar-refractivity contribution < 1.29 is 9.59 Å². The number of guanidine groups is 1. The molecule has 4 rings (SSSR count). The number of carbonyl (C=O) groups is 2. The van der Waals surface area contributed by atoms with E-state index >= 15 is 0 Å². The van der Waals surface area contributed by atoms with Crippen molar-refractivity contribution in [2.24, 2.45) is 10.9 Å². The molecule has 1 atom stereocenters. The molecule has 1 unspecified atom stereocenters. The van der Waals surface area contributed by atoms with Crippen LogP contribution >= 0.6 is 0 Å². The van der Waals surface area contributed by atoms with Crippen LogP contribution in [0.2, 0.25) is 0 Å². The summed E-state index contributed by atoms with van der Waals surface area (Å²) in [4.78, 5) is 32.9. The van der Waals surface area contributed by atoms with Gasteiger partial charge in [-0.15, -0.1) is 0 Å². The van der Waals surface area contributed by atoms with Gasteiger partial charge in [-0.1, -0.05) is 31.4 Å². The molecular formula is C24H36N6O2. The third kappa shape index (κ3) is 5.72. The van der Waals surface area contributed by atoms with Crippen LogP contribution in [-0.4, -0.2) is 68.5 Å². The van der Waals surface area contributed by atoms with Gasteiger partial charge in [-0.25, -0.2) is 0 Å². The van der Waals surface area contributed by atoms with Crippen LogP contribution in [0.5, 0.6) is 0 Å². The average molecular weight is 441 g/mol. The van der Waals surface area contributed by atoms with E-state index in [9.17, 15) is 9.59 Å². The Morgan fingerprint density at radius 2 is 1.91 bits per heavy atom. The molecule has 2 heterocycles. The fraction of sp³-hybridized carbons (Fsp3) is 0.625. The molecule has 2 amide bonds. The Labute approximate surface area is 190 Å². The van der Waals surface area contributed by atoms with Gasteiger partial charge in [-0.2, -0.15) is 0 Å². The summed E-state index contributed by atoms with van der Waals surface area (Å²) in [7, 11) is 1.78. The average Bonchev–Trinajstić information content (AvgIpc) is 3.30. The number of carbonyl (C=O) groups excluding carboxylic acids is 2. The maximum atomic E-state index is 12.8. The summed E-state index contributed by atoms with van der Waals surface area (Å²) in [5, 5.41) is 9.72. The van der Waals surface area contributed by atoms with Crippen molar-refractivity contribution >= 4 is 23.5 Å². The number of anilines is 1. The Kier molecular flexibility index (Phi) is 7.50. The second-order valence-corrected chi connectivity index (χ2v) is 9.11. The maximum Gasteiger partial charge on any atom is 0.239 e. The quantitative estimate of drug-likeness (QED) is 0.477. The highest BCUT2D eigenvalue weighted by molar-refractivity contribution is 5.83. The van der Waals surface area contributed by atoms with E-state index in [1.165, 1.54) is 19.3 Å². The lowest BCUT2D eigenvalue weighted by Crippen LogP contribution is -2.47. The molecule has 1 aliphatic carbocycles. The highest BCUT2D eigenvalue weighted by atomic mass is 16.2. The summed E-state index contributed by atoms with van der Waals surface area (Å²) in [5.74, 6) is 1.42. The van der Waals surface area contributed by atoms with Gasteiger partial charge in [0.05, 0.1) is 6.54 Å². The van der Waals surface area contributed by atoms with E-state index in [0.29, 0.717) is 25.5 Å².